The molecule has 1 aromatic rings. The summed E-state index contributed by atoms with van der Waals surface area (Å²) in [5, 5.41) is 11.3. The first-order valence-electron chi connectivity index (χ1n) is 6.43. The fourth-order valence-electron chi connectivity index (χ4n) is 1.30. The minimum Gasteiger partial charge on any atom is -0.477 e. The van der Waals surface area contributed by atoms with E-state index in [1.807, 2.05) is 0 Å². The molecule has 1 heterocycles. The fourth-order valence-corrected chi connectivity index (χ4v) is 1.30. The number of nitrogens with zero attached hydrogens (tertiary/aromatic N) is 1. The van der Waals surface area contributed by atoms with Crippen molar-refractivity contribution in [2.75, 3.05) is 6.54 Å². The van der Waals surface area contributed by atoms with E-state index in [0.29, 0.717) is 18.5 Å². The maximum atomic E-state index is 11.3. The van der Waals surface area contributed by atoms with Crippen LogP contribution < -0.4 is 5.32 Å². The van der Waals surface area contributed by atoms with Crippen molar-refractivity contribution in [3.63, 3.8) is 0 Å². The molecule has 0 fully saturated rings. The number of rotatable bonds is 3. The van der Waals surface area contributed by atoms with E-state index in [1.54, 1.807) is 26.8 Å². The van der Waals surface area contributed by atoms with E-state index in [0.717, 1.165) is 0 Å². The van der Waals surface area contributed by atoms with Crippen molar-refractivity contribution in [3.8, 4) is 11.8 Å². The van der Waals surface area contributed by atoms with Gasteiger partial charge in [0.05, 0.1) is 0 Å². The molecule has 0 unspecified atom stereocenters. The molecular weight excluding hydrogens is 272 g/mol. The minimum absolute atomic E-state index is 0.0212. The van der Waals surface area contributed by atoms with Crippen molar-refractivity contribution >= 4 is 12.1 Å². The molecule has 0 aromatic carbocycles. The predicted molar refractivity (Wildman–Crippen MR) is 76.9 cm³/mol. The van der Waals surface area contributed by atoms with Crippen LogP contribution in [-0.4, -0.2) is 34.3 Å². The maximum Gasteiger partial charge on any atom is 0.407 e. The Balaban J connectivity index is 2.36. The van der Waals surface area contributed by atoms with Crippen LogP contribution in [0.1, 0.15) is 43.2 Å². The standard InChI is InChI=1S/C15H18N2O4/c1-15(2,3)21-14(20)16-9-5-4-6-11-7-8-12(13(18)19)17-10-11/h7-8,10H,5,9H2,1-3H3,(H,16,20)(H,18,19). The van der Waals surface area contributed by atoms with Crippen molar-refractivity contribution in [1.82, 2.24) is 10.3 Å². The lowest BCUT2D eigenvalue weighted by molar-refractivity contribution is 0.0528. The first-order valence-corrected chi connectivity index (χ1v) is 6.43. The number of ether oxygens (including phenoxy) is 1. The Bertz CT molecular complexity index is 562. The van der Waals surface area contributed by atoms with E-state index in [2.05, 4.69) is 22.1 Å². The molecule has 0 atom stereocenters. The Morgan fingerprint density at radius 2 is 2.10 bits per heavy atom. The molecule has 1 rings (SSSR count). The van der Waals surface area contributed by atoms with Crippen LogP contribution in [0.4, 0.5) is 4.79 Å². The normalized spacial score (nSPS) is 10.2. The van der Waals surface area contributed by atoms with Crippen LogP contribution in [0.15, 0.2) is 18.3 Å². The van der Waals surface area contributed by atoms with Gasteiger partial charge >= 0.3 is 12.1 Å². The number of nitrogens with one attached hydrogen (secondary N) is 1. The van der Waals surface area contributed by atoms with Crippen LogP contribution >= 0.6 is 0 Å². The van der Waals surface area contributed by atoms with Gasteiger partial charge in [-0.3, -0.25) is 0 Å². The molecule has 0 spiro atoms. The van der Waals surface area contributed by atoms with E-state index in [9.17, 15) is 9.59 Å². The number of carboxylic acid groups (broad SMARTS) is 1. The molecule has 0 saturated heterocycles. The highest BCUT2D eigenvalue weighted by molar-refractivity contribution is 5.85. The van der Waals surface area contributed by atoms with Gasteiger partial charge in [0.2, 0.25) is 0 Å². The molecule has 1 amide bonds. The number of carboxylic acids is 1. The van der Waals surface area contributed by atoms with Gasteiger partial charge < -0.3 is 15.2 Å². The molecule has 0 aliphatic carbocycles. The number of amides is 1. The van der Waals surface area contributed by atoms with Crippen LogP contribution in [0.25, 0.3) is 0 Å². The Labute approximate surface area is 123 Å². The van der Waals surface area contributed by atoms with Crippen molar-refractivity contribution < 1.29 is 19.4 Å². The molecule has 1 aromatic heterocycles. The van der Waals surface area contributed by atoms with Gasteiger partial charge in [0.15, 0.2) is 0 Å². The number of aromatic carboxylic acids is 1. The predicted octanol–water partition coefficient (Wildman–Crippen LogP) is 2.05. The van der Waals surface area contributed by atoms with Crippen LogP contribution in [0.2, 0.25) is 0 Å². The summed E-state index contributed by atoms with van der Waals surface area (Å²) < 4.78 is 5.07. The second-order valence-corrected chi connectivity index (χ2v) is 5.22. The topological polar surface area (TPSA) is 88.5 Å². The van der Waals surface area contributed by atoms with E-state index in [1.165, 1.54) is 12.3 Å². The lowest BCUT2D eigenvalue weighted by Gasteiger charge is -2.19. The van der Waals surface area contributed by atoms with Crippen LogP contribution in [0.3, 0.4) is 0 Å². The number of hydrogen-bond donors (Lipinski definition) is 2. The second kappa shape index (κ2) is 7.29. The summed E-state index contributed by atoms with van der Waals surface area (Å²) in [6, 6.07) is 2.98. The van der Waals surface area contributed by atoms with Crippen LogP contribution in [0.5, 0.6) is 0 Å². The minimum atomic E-state index is -1.07. The molecule has 0 radical (unpaired) electrons. The lowest BCUT2D eigenvalue weighted by Crippen LogP contribution is -2.32. The number of pyridine rings is 1. The number of alkyl carbamates (subject to hydrolysis) is 1. The molecule has 0 bridgehead atoms. The first kappa shape index (κ1) is 16.5. The molecule has 2 N–H and O–H groups in total. The zero-order valence-electron chi connectivity index (χ0n) is 12.3. The molecular formula is C15H18N2O4. The van der Waals surface area contributed by atoms with Gasteiger partial charge in [0, 0.05) is 24.7 Å². The highest BCUT2D eigenvalue weighted by atomic mass is 16.6. The number of carbonyl (C=O) groups excluding carboxylic acids is 1. The number of aromatic nitrogens is 1. The average Bonchev–Trinajstić information content (AvgIpc) is 2.36. The summed E-state index contributed by atoms with van der Waals surface area (Å²) in [7, 11) is 0. The monoisotopic (exact) mass is 290 g/mol. The SMILES string of the molecule is CC(C)(C)OC(=O)NCCC#Cc1ccc(C(=O)O)nc1. The first-order chi connectivity index (χ1) is 9.78. The molecule has 0 aliphatic heterocycles. The molecule has 21 heavy (non-hydrogen) atoms. The highest BCUT2D eigenvalue weighted by Gasteiger charge is 2.15. The molecule has 6 nitrogen and oxygen atoms in total. The van der Waals surface area contributed by atoms with Gasteiger partial charge in [0.25, 0.3) is 0 Å². The number of hydrogen-bond acceptors (Lipinski definition) is 4. The molecule has 0 aliphatic rings. The van der Waals surface area contributed by atoms with Crippen molar-refractivity contribution in [2.24, 2.45) is 0 Å². The Hall–Kier alpha value is -2.55. The third kappa shape index (κ3) is 6.97. The van der Waals surface area contributed by atoms with Gasteiger partial charge in [-0.1, -0.05) is 11.8 Å². The van der Waals surface area contributed by atoms with Gasteiger partial charge in [-0.2, -0.15) is 0 Å². The summed E-state index contributed by atoms with van der Waals surface area (Å²) in [5.41, 5.74) is 0.0808. The van der Waals surface area contributed by atoms with Gasteiger partial charge in [0.1, 0.15) is 11.3 Å². The largest absolute Gasteiger partial charge is 0.477 e. The third-order valence-electron chi connectivity index (χ3n) is 2.13. The summed E-state index contributed by atoms with van der Waals surface area (Å²) in [4.78, 5) is 25.7. The Morgan fingerprint density at radius 1 is 1.38 bits per heavy atom. The molecule has 0 saturated carbocycles. The summed E-state index contributed by atoms with van der Waals surface area (Å²) in [6.07, 6.45) is 1.38. The number of carbonyl (C=O) groups is 2. The average molecular weight is 290 g/mol. The van der Waals surface area contributed by atoms with Crippen LogP contribution in [-0.2, 0) is 4.74 Å². The van der Waals surface area contributed by atoms with Crippen molar-refractivity contribution in [2.45, 2.75) is 32.8 Å². The third-order valence-corrected chi connectivity index (χ3v) is 2.13. The van der Waals surface area contributed by atoms with Crippen molar-refractivity contribution in [3.05, 3.63) is 29.6 Å². The Morgan fingerprint density at radius 3 is 2.62 bits per heavy atom. The van der Waals surface area contributed by atoms with E-state index >= 15 is 0 Å². The maximum absolute atomic E-state index is 11.3. The van der Waals surface area contributed by atoms with Gasteiger partial charge in [-0.25, -0.2) is 14.6 Å². The summed E-state index contributed by atoms with van der Waals surface area (Å²) in [5.74, 6) is 4.62. The van der Waals surface area contributed by atoms with Crippen LogP contribution in [0, 0.1) is 11.8 Å². The quantitative estimate of drug-likeness (QED) is 0.657. The molecule has 6 heteroatoms. The van der Waals surface area contributed by atoms with E-state index in [-0.39, 0.29) is 5.69 Å². The summed E-state index contributed by atoms with van der Waals surface area (Å²) in [6.45, 7) is 5.75. The fraction of sp³-hybridized carbons (Fsp3) is 0.400. The zero-order valence-corrected chi connectivity index (χ0v) is 12.3. The van der Waals surface area contributed by atoms with Crippen molar-refractivity contribution in [1.29, 1.82) is 0 Å². The zero-order chi connectivity index (χ0) is 15.9. The molecule has 112 valence electrons. The lowest BCUT2D eigenvalue weighted by atomic mass is 10.2. The van der Waals surface area contributed by atoms with E-state index in [4.69, 9.17) is 9.84 Å². The van der Waals surface area contributed by atoms with E-state index < -0.39 is 17.7 Å². The Kier molecular flexibility index (Phi) is 5.73. The van der Waals surface area contributed by atoms with Gasteiger partial charge in [-0.05, 0) is 32.9 Å². The smallest absolute Gasteiger partial charge is 0.407 e. The highest BCUT2D eigenvalue weighted by Crippen LogP contribution is 2.06. The second-order valence-electron chi connectivity index (χ2n) is 5.22. The van der Waals surface area contributed by atoms with Gasteiger partial charge in [-0.15, -0.1) is 0 Å². The summed E-state index contributed by atoms with van der Waals surface area (Å²) >= 11 is 0.